The maximum absolute atomic E-state index is 12.5. The standard InChI is InChI=1S/C24H19N3O3/c28-22(25-20-14-7-12-18-11-4-5-13-19(18)20)16-27-23(29)21(26-24(27)30)15-6-10-17-8-2-1-3-9-17/h1-15H,16H2,(H,25,28)(H,26,30)/b10-6+,21-15-. The smallest absolute Gasteiger partial charge is 0.324 e. The molecule has 2 N–H and O–H groups in total. The normalized spacial score (nSPS) is 15.2. The number of amides is 4. The van der Waals surface area contributed by atoms with Gasteiger partial charge in [0.2, 0.25) is 5.91 Å². The van der Waals surface area contributed by atoms with Crippen LogP contribution in [-0.4, -0.2) is 29.3 Å². The van der Waals surface area contributed by atoms with Crippen molar-refractivity contribution in [2.24, 2.45) is 0 Å². The van der Waals surface area contributed by atoms with Gasteiger partial charge in [-0.1, -0.05) is 78.9 Å². The highest BCUT2D eigenvalue weighted by Gasteiger charge is 2.34. The van der Waals surface area contributed by atoms with Crippen LogP contribution in [0.3, 0.4) is 0 Å². The van der Waals surface area contributed by atoms with Crippen LogP contribution in [0.1, 0.15) is 5.56 Å². The van der Waals surface area contributed by atoms with E-state index >= 15 is 0 Å². The van der Waals surface area contributed by atoms with Gasteiger partial charge in [0.05, 0.1) is 0 Å². The SMILES string of the molecule is O=C(CN1C(=O)N/C(=C\C=C\c2ccccc2)C1=O)Nc1cccc2ccccc12. The summed E-state index contributed by atoms with van der Waals surface area (Å²) in [6.07, 6.45) is 5.03. The molecule has 0 atom stereocenters. The Morgan fingerprint density at radius 2 is 1.67 bits per heavy atom. The van der Waals surface area contributed by atoms with Crippen LogP contribution in [0.4, 0.5) is 10.5 Å². The number of nitrogens with zero attached hydrogens (tertiary/aromatic N) is 1. The molecule has 1 saturated heterocycles. The van der Waals surface area contributed by atoms with Crippen LogP contribution in [0.2, 0.25) is 0 Å². The first-order valence-electron chi connectivity index (χ1n) is 9.46. The lowest BCUT2D eigenvalue weighted by Gasteiger charge is -2.13. The zero-order chi connectivity index (χ0) is 20.9. The molecule has 0 aromatic heterocycles. The van der Waals surface area contributed by atoms with Crippen molar-refractivity contribution in [3.8, 4) is 0 Å². The van der Waals surface area contributed by atoms with Gasteiger partial charge >= 0.3 is 6.03 Å². The van der Waals surface area contributed by atoms with Crippen molar-refractivity contribution in [3.63, 3.8) is 0 Å². The number of allylic oxidation sites excluding steroid dienone is 2. The molecule has 0 radical (unpaired) electrons. The highest BCUT2D eigenvalue weighted by Crippen LogP contribution is 2.23. The van der Waals surface area contributed by atoms with Crippen LogP contribution >= 0.6 is 0 Å². The molecule has 0 saturated carbocycles. The molecule has 0 aliphatic carbocycles. The van der Waals surface area contributed by atoms with Crippen LogP contribution in [0, 0.1) is 0 Å². The second kappa shape index (κ2) is 8.45. The summed E-state index contributed by atoms with van der Waals surface area (Å²) in [5, 5.41) is 7.17. The Hall–Kier alpha value is -4.19. The lowest BCUT2D eigenvalue weighted by atomic mass is 10.1. The Morgan fingerprint density at radius 3 is 2.50 bits per heavy atom. The van der Waals surface area contributed by atoms with E-state index in [2.05, 4.69) is 10.6 Å². The van der Waals surface area contributed by atoms with Gasteiger partial charge in [-0.2, -0.15) is 0 Å². The van der Waals surface area contributed by atoms with Crippen molar-refractivity contribution in [1.82, 2.24) is 10.2 Å². The summed E-state index contributed by atoms with van der Waals surface area (Å²) < 4.78 is 0. The number of anilines is 1. The second-order valence-corrected chi connectivity index (χ2v) is 6.75. The molecule has 1 fully saturated rings. The predicted molar refractivity (Wildman–Crippen MR) is 116 cm³/mol. The van der Waals surface area contributed by atoms with E-state index in [0.717, 1.165) is 21.2 Å². The number of carbonyl (C=O) groups excluding carboxylic acids is 3. The van der Waals surface area contributed by atoms with Gasteiger partial charge in [-0.3, -0.25) is 9.59 Å². The minimum Gasteiger partial charge on any atom is -0.324 e. The highest BCUT2D eigenvalue weighted by molar-refractivity contribution is 6.14. The second-order valence-electron chi connectivity index (χ2n) is 6.75. The van der Waals surface area contributed by atoms with E-state index < -0.39 is 17.8 Å². The number of carbonyl (C=O) groups is 3. The summed E-state index contributed by atoms with van der Waals surface area (Å²) in [5.74, 6) is -0.985. The number of benzene rings is 3. The van der Waals surface area contributed by atoms with E-state index in [-0.39, 0.29) is 12.2 Å². The summed E-state index contributed by atoms with van der Waals surface area (Å²) in [6.45, 7) is -0.367. The fourth-order valence-corrected chi connectivity index (χ4v) is 3.22. The largest absolute Gasteiger partial charge is 0.329 e. The first-order chi connectivity index (χ1) is 14.6. The number of urea groups is 1. The average Bonchev–Trinajstić information content (AvgIpc) is 3.02. The molecule has 4 amide bonds. The summed E-state index contributed by atoms with van der Waals surface area (Å²) in [6, 6.07) is 22.2. The molecule has 3 aromatic rings. The number of nitrogens with one attached hydrogen (secondary N) is 2. The molecule has 6 nitrogen and oxygen atoms in total. The number of imide groups is 1. The van der Waals surface area contributed by atoms with Crippen molar-refractivity contribution in [1.29, 1.82) is 0 Å². The lowest BCUT2D eigenvalue weighted by molar-refractivity contribution is -0.127. The average molecular weight is 397 g/mol. The van der Waals surface area contributed by atoms with E-state index in [1.807, 2.05) is 72.8 Å². The molecule has 0 unspecified atom stereocenters. The molecule has 30 heavy (non-hydrogen) atoms. The minimum absolute atomic E-state index is 0.130. The van der Waals surface area contributed by atoms with Crippen LogP contribution in [0.25, 0.3) is 16.8 Å². The number of rotatable bonds is 5. The van der Waals surface area contributed by atoms with Gasteiger partial charge in [0, 0.05) is 11.1 Å². The first-order valence-corrected chi connectivity index (χ1v) is 9.46. The van der Waals surface area contributed by atoms with Crippen LogP contribution in [0.15, 0.2) is 90.6 Å². The Balaban J connectivity index is 1.43. The molecular weight excluding hydrogens is 378 g/mol. The van der Waals surface area contributed by atoms with Crippen molar-refractivity contribution in [3.05, 3.63) is 96.2 Å². The van der Waals surface area contributed by atoms with Crippen LogP contribution < -0.4 is 10.6 Å². The Bertz CT molecular complexity index is 1180. The van der Waals surface area contributed by atoms with Crippen molar-refractivity contribution in [2.75, 3.05) is 11.9 Å². The van der Waals surface area contributed by atoms with Gasteiger partial charge in [-0.15, -0.1) is 0 Å². The monoisotopic (exact) mass is 397 g/mol. The van der Waals surface area contributed by atoms with Gasteiger partial charge in [-0.05, 0) is 23.1 Å². The molecule has 0 bridgehead atoms. The Morgan fingerprint density at radius 1 is 0.933 bits per heavy atom. The van der Waals surface area contributed by atoms with Crippen LogP contribution in [0.5, 0.6) is 0 Å². The maximum atomic E-state index is 12.5. The van der Waals surface area contributed by atoms with Crippen molar-refractivity contribution in [2.45, 2.75) is 0 Å². The molecule has 3 aromatic carbocycles. The molecule has 1 aliphatic rings. The summed E-state index contributed by atoms with van der Waals surface area (Å²) in [4.78, 5) is 38.1. The van der Waals surface area contributed by atoms with E-state index in [1.54, 1.807) is 12.1 Å². The predicted octanol–water partition coefficient (Wildman–Crippen LogP) is 3.93. The zero-order valence-electron chi connectivity index (χ0n) is 16.0. The molecule has 6 heteroatoms. The third-order valence-corrected chi connectivity index (χ3v) is 4.68. The van der Waals surface area contributed by atoms with Gasteiger partial charge in [-0.25, -0.2) is 9.69 Å². The van der Waals surface area contributed by atoms with Gasteiger partial charge < -0.3 is 10.6 Å². The highest BCUT2D eigenvalue weighted by atomic mass is 16.2. The van der Waals surface area contributed by atoms with Crippen LogP contribution in [-0.2, 0) is 9.59 Å². The molecule has 4 rings (SSSR count). The van der Waals surface area contributed by atoms with Crippen molar-refractivity contribution < 1.29 is 14.4 Å². The topological polar surface area (TPSA) is 78.5 Å². The Labute approximate surface area is 173 Å². The van der Waals surface area contributed by atoms with E-state index in [4.69, 9.17) is 0 Å². The minimum atomic E-state index is -0.618. The number of hydrogen-bond acceptors (Lipinski definition) is 3. The molecular formula is C24H19N3O3. The third-order valence-electron chi connectivity index (χ3n) is 4.68. The maximum Gasteiger partial charge on any atom is 0.329 e. The zero-order valence-corrected chi connectivity index (χ0v) is 16.0. The van der Waals surface area contributed by atoms with Gasteiger partial charge in [0.15, 0.2) is 0 Å². The first kappa shape index (κ1) is 19.1. The molecule has 148 valence electrons. The fraction of sp³-hybridized carbons (Fsp3) is 0.0417. The quantitative estimate of drug-likeness (QED) is 0.506. The molecule has 1 heterocycles. The summed E-state index contributed by atoms with van der Waals surface area (Å²) in [7, 11) is 0. The third kappa shape index (κ3) is 4.12. The number of hydrogen-bond donors (Lipinski definition) is 2. The molecule has 0 spiro atoms. The van der Waals surface area contributed by atoms with E-state index in [0.29, 0.717) is 5.69 Å². The summed E-state index contributed by atoms with van der Waals surface area (Å²) >= 11 is 0. The Kier molecular flexibility index (Phi) is 5.39. The lowest BCUT2D eigenvalue weighted by Crippen LogP contribution is -2.38. The number of fused-ring (bicyclic) bond motifs is 1. The fourth-order valence-electron chi connectivity index (χ4n) is 3.22. The van der Waals surface area contributed by atoms with Gasteiger partial charge in [0.25, 0.3) is 5.91 Å². The molecule has 1 aliphatic heterocycles. The van der Waals surface area contributed by atoms with Crippen molar-refractivity contribution >= 4 is 40.4 Å². The van der Waals surface area contributed by atoms with E-state index in [1.165, 1.54) is 6.08 Å². The van der Waals surface area contributed by atoms with Gasteiger partial charge in [0.1, 0.15) is 12.2 Å². The summed E-state index contributed by atoms with van der Waals surface area (Å²) in [5.41, 5.74) is 1.73. The van der Waals surface area contributed by atoms with E-state index in [9.17, 15) is 14.4 Å².